The second-order valence-electron chi connectivity index (χ2n) is 8.46. The molecule has 3 aromatic rings. The van der Waals surface area contributed by atoms with Crippen LogP contribution < -0.4 is 14.4 Å². The van der Waals surface area contributed by atoms with E-state index in [1.165, 1.54) is 4.90 Å². The van der Waals surface area contributed by atoms with Crippen LogP contribution in [0, 0.1) is 0 Å². The number of aromatic nitrogens is 1. The fourth-order valence-corrected chi connectivity index (χ4v) is 4.26. The maximum Gasteiger partial charge on any atom is 0.300 e. The van der Waals surface area contributed by atoms with E-state index in [-0.39, 0.29) is 11.3 Å². The average Bonchev–Trinajstić information content (AvgIpc) is 3.17. The number of hydrogen-bond donors (Lipinski definition) is 1. The van der Waals surface area contributed by atoms with Gasteiger partial charge in [-0.2, -0.15) is 0 Å². The number of ether oxygens (including phenoxy) is 2. The Morgan fingerprint density at radius 1 is 0.944 bits per heavy atom. The Morgan fingerprint density at radius 2 is 1.69 bits per heavy atom. The number of benzene rings is 2. The number of Topliss-reactive ketones (excluding diaryl/α,β-unsaturated/α-hetero) is 1. The number of anilines is 1. The number of amides is 1. The van der Waals surface area contributed by atoms with Gasteiger partial charge in [-0.15, -0.1) is 0 Å². The summed E-state index contributed by atoms with van der Waals surface area (Å²) in [7, 11) is 0. The summed E-state index contributed by atoms with van der Waals surface area (Å²) in [6, 6.07) is 16.5. The Bertz CT molecular complexity index is 1240. The largest absolute Gasteiger partial charge is 0.507 e. The lowest BCUT2D eigenvalue weighted by Gasteiger charge is -2.25. The third-order valence-electron chi connectivity index (χ3n) is 6.02. The predicted octanol–water partition coefficient (Wildman–Crippen LogP) is 5.68. The van der Waals surface area contributed by atoms with E-state index in [9.17, 15) is 14.7 Å². The number of carbonyl (C=O) groups excluding carboxylic acids is 2. The fourth-order valence-electron chi connectivity index (χ4n) is 4.26. The van der Waals surface area contributed by atoms with E-state index in [4.69, 9.17) is 9.47 Å². The van der Waals surface area contributed by atoms with Gasteiger partial charge in [0.2, 0.25) is 0 Å². The Kier molecular flexibility index (Phi) is 8.00. The molecule has 1 aromatic heterocycles. The molecule has 1 fully saturated rings. The van der Waals surface area contributed by atoms with Crippen molar-refractivity contribution < 1.29 is 24.2 Å². The molecule has 1 aliphatic heterocycles. The van der Waals surface area contributed by atoms with Crippen LogP contribution in [0.2, 0.25) is 0 Å². The van der Waals surface area contributed by atoms with Crippen molar-refractivity contribution in [2.24, 2.45) is 0 Å². The lowest BCUT2D eigenvalue weighted by atomic mass is 9.95. The van der Waals surface area contributed by atoms with Crippen molar-refractivity contribution in [3.05, 3.63) is 89.8 Å². The normalized spacial score (nSPS) is 16.8. The zero-order valence-electron chi connectivity index (χ0n) is 20.5. The molecule has 2 aromatic carbocycles. The number of pyridine rings is 1. The molecule has 1 N–H and O–H groups in total. The molecule has 0 aliphatic carbocycles. The quantitative estimate of drug-likeness (QED) is 0.172. The van der Waals surface area contributed by atoms with Crippen LogP contribution in [0.1, 0.15) is 50.3 Å². The molecule has 1 saturated heterocycles. The van der Waals surface area contributed by atoms with Gasteiger partial charge in [0, 0.05) is 29.7 Å². The molecule has 0 radical (unpaired) electrons. The highest BCUT2D eigenvalue weighted by Crippen LogP contribution is 2.42. The molecule has 1 amide bonds. The molecule has 0 bridgehead atoms. The Morgan fingerprint density at radius 3 is 2.39 bits per heavy atom. The van der Waals surface area contributed by atoms with Crippen molar-refractivity contribution in [1.29, 1.82) is 0 Å². The number of aliphatic hydroxyl groups excluding tert-OH is 1. The number of nitrogens with zero attached hydrogens (tertiary/aromatic N) is 2. The first-order chi connectivity index (χ1) is 17.5. The molecule has 2 heterocycles. The molecule has 36 heavy (non-hydrogen) atoms. The molecular weight excluding hydrogens is 456 g/mol. The van der Waals surface area contributed by atoms with Crippen molar-refractivity contribution >= 4 is 23.1 Å². The van der Waals surface area contributed by atoms with E-state index in [0.717, 1.165) is 19.3 Å². The SMILES string of the molecule is CCCCCOc1ccc(/C(O)=C2\C(=O)C(=O)N(c3cccc(OCC)c3)C2c2ccncc2)cc1. The highest BCUT2D eigenvalue weighted by molar-refractivity contribution is 6.51. The van der Waals surface area contributed by atoms with Crippen LogP contribution in [-0.2, 0) is 9.59 Å². The van der Waals surface area contributed by atoms with Crippen molar-refractivity contribution in [1.82, 2.24) is 4.98 Å². The average molecular weight is 487 g/mol. The zero-order valence-corrected chi connectivity index (χ0v) is 20.5. The third kappa shape index (κ3) is 5.25. The van der Waals surface area contributed by atoms with Gasteiger partial charge in [0.25, 0.3) is 11.7 Å². The number of hydrogen-bond acceptors (Lipinski definition) is 6. The monoisotopic (exact) mass is 486 g/mol. The molecule has 7 nitrogen and oxygen atoms in total. The van der Waals surface area contributed by atoms with E-state index in [1.54, 1.807) is 73.1 Å². The Balaban J connectivity index is 1.74. The number of rotatable bonds is 10. The summed E-state index contributed by atoms with van der Waals surface area (Å²) in [5, 5.41) is 11.3. The Hall–Kier alpha value is -4.13. The minimum absolute atomic E-state index is 0.0182. The van der Waals surface area contributed by atoms with E-state index in [0.29, 0.717) is 41.5 Å². The maximum absolute atomic E-state index is 13.3. The second kappa shape index (κ2) is 11.5. The van der Waals surface area contributed by atoms with Crippen LogP contribution in [0.15, 0.2) is 78.6 Å². The highest BCUT2D eigenvalue weighted by Gasteiger charge is 2.47. The van der Waals surface area contributed by atoms with Gasteiger partial charge >= 0.3 is 0 Å². The van der Waals surface area contributed by atoms with Crippen LogP contribution in [0.3, 0.4) is 0 Å². The molecule has 1 atom stereocenters. The van der Waals surface area contributed by atoms with Crippen molar-refractivity contribution in [2.45, 2.75) is 39.2 Å². The van der Waals surface area contributed by atoms with Crippen molar-refractivity contribution in [2.75, 3.05) is 18.1 Å². The highest BCUT2D eigenvalue weighted by atomic mass is 16.5. The molecule has 0 spiro atoms. The van der Waals surface area contributed by atoms with Gasteiger partial charge in [0.05, 0.1) is 24.8 Å². The van der Waals surface area contributed by atoms with Crippen LogP contribution in [-0.4, -0.2) is 35.0 Å². The van der Waals surface area contributed by atoms with Crippen LogP contribution >= 0.6 is 0 Å². The fraction of sp³-hybridized carbons (Fsp3) is 0.276. The smallest absolute Gasteiger partial charge is 0.300 e. The third-order valence-corrected chi connectivity index (χ3v) is 6.02. The van der Waals surface area contributed by atoms with Gasteiger partial charge in [0.15, 0.2) is 0 Å². The molecule has 186 valence electrons. The van der Waals surface area contributed by atoms with Gasteiger partial charge in [-0.25, -0.2) is 0 Å². The number of carbonyl (C=O) groups is 2. The van der Waals surface area contributed by atoms with Gasteiger partial charge < -0.3 is 14.6 Å². The molecule has 1 aliphatic rings. The molecule has 0 saturated carbocycles. The minimum Gasteiger partial charge on any atom is -0.507 e. The van der Waals surface area contributed by atoms with E-state index >= 15 is 0 Å². The van der Waals surface area contributed by atoms with Crippen molar-refractivity contribution in [3.8, 4) is 11.5 Å². The predicted molar refractivity (Wildman–Crippen MR) is 138 cm³/mol. The summed E-state index contributed by atoms with van der Waals surface area (Å²) in [4.78, 5) is 32.0. The molecular formula is C29H30N2O5. The van der Waals surface area contributed by atoms with Gasteiger partial charge in [-0.1, -0.05) is 25.8 Å². The van der Waals surface area contributed by atoms with E-state index in [1.807, 2.05) is 6.92 Å². The van der Waals surface area contributed by atoms with Gasteiger partial charge in [-0.05, 0) is 67.4 Å². The first-order valence-corrected chi connectivity index (χ1v) is 12.2. The summed E-state index contributed by atoms with van der Waals surface area (Å²) in [6.07, 6.45) is 6.37. The summed E-state index contributed by atoms with van der Waals surface area (Å²) < 4.78 is 11.4. The van der Waals surface area contributed by atoms with Crippen LogP contribution in [0.4, 0.5) is 5.69 Å². The van der Waals surface area contributed by atoms with Crippen molar-refractivity contribution in [3.63, 3.8) is 0 Å². The topological polar surface area (TPSA) is 89.0 Å². The Labute approximate surface area is 211 Å². The van der Waals surface area contributed by atoms with E-state index in [2.05, 4.69) is 11.9 Å². The summed E-state index contributed by atoms with van der Waals surface area (Å²) in [6.45, 7) is 5.09. The number of unbranched alkanes of at least 4 members (excludes halogenated alkanes) is 2. The maximum atomic E-state index is 13.3. The number of aliphatic hydroxyl groups is 1. The summed E-state index contributed by atoms with van der Waals surface area (Å²) in [5.74, 6) is -0.448. The lowest BCUT2D eigenvalue weighted by molar-refractivity contribution is -0.132. The van der Waals surface area contributed by atoms with Gasteiger partial charge in [-0.3, -0.25) is 19.5 Å². The molecule has 4 rings (SSSR count). The minimum atomic E-state index is -0.824. The molecule has 7 heteroatoms. The first-order valence-electron chi connectivity index (χ1n) is 12.2. The number of ketones is 1. The van der Waals surface area contributed by atoms with Crippen LogP contribution in [0.5, 0.6) is 11.5 Å². The summed E-state index contributed by atoms with van der Waals surface area (Å²) in [5.41, 5.74) is 1.60. The zero-order chi connectivity index (χ0) is 25.5. The standard InChI is InChI=1S/C29H30N2O5/c1-3-5-6-18-36-23-12-10-21(11-13-23)27(32)25-26(20-14-16-30-17-15-20)31(29(34)28(25)33)22-8-7-9-24(19-22)35-4-2/h7-17,19,26,32H,3-6,18H2,1-2H3/b27-25+. The lowest BCUT2D eigenvalue weighted by Crippen LogP contribution is -2.29. The first kappa shape index (κ1) is 25.0. The second-order valence-corrected chi connectivity index (χ2v) is 8.46. The summed E-state index contributed by atoms with van der Waals surface area (Å²) >= 11 is 0. The van der Waals surface area contributed by atoms with Gasteiger partial charge in [0.1, 0.15) is 17.3 Å². The molecule has 1 unspecified atom stereocenters. The van der Waals surface area contributed by atoms with Crippen LogP contribution in [0.25, 0.3) is 5.76 Å². The van der Waals surface area contributed by atoms with E-state index < -0.39 is 17.7 Å².